The van der Waals surface area contributed by atoms with Crippen molar-refractivity contribution >= 4 is 0 Å². The zero-order valence-electron chi connectivity index (χ0n) is 13.7. The van der Waals surface area contributed by atoms with Gasteiger partial charge in [0.25, 0.3) is 0 Å². The van der Waals surface area contributed by atoms with Crippen LogP contribution in [0, 0.1) is 0 Å². The number of rotatable bonds is 6. The lowest BCUT2D eigenvalue weighted by atomic mass is 10.0. The molecule has 1 aromatic carbocycles. The molecule has 1 atom stereocenters. The molecule has 4 nitrogen and oxygen atoms in total. The van der Waals surface area contributed by atoms with Gasteiger partial charge in [0.1, 0.15) is 5.69 Å². The third-order valence-corrected chi connectivity index (χ3v) is 4.02. The van der Waals surface area contributed by atoms with Gasteiger partial charge in [0.05, 0.1) is 17.4 Å². The minimum Gasteiger partial charge on any atom is -0.312 e. The summed E-state index contributed by atoms with van der Waals surface area (Å²) in [7, 11) is 1.98. The molecule has 0 aliphatic carbocycles. The number of benzene rings is 1. The first-order valence-electron chi connectivity index (χ1n) is 7.84. The van der Waals surface area contributed by atoms with Gasteiger partial charge in [-0.05, 0) is 43.5 Å². The van der Waals surface area contributed by atoms with E-state index in [0.717, 1.165) is 24.2 Å². The van der Waals surface area contributed by atoms with Crippen LogP contribution in [0.4, 0.5) is 0 Å². The highest BCUT2D eigenvalue weighted by molar-refractivity contribution is 5.37. The molecule has 0 amide bonds. The highest BCUT2D eigenvalue weighted by Gasteiger charge is 2.19. The van der Waals surface area contributed by atoms with Crippen molar-refractivity contribution in [3.05, 3.63) is 41.2 Å². The van der Waals surface area contributed by atoms with Crippen molar-refractivity contribution in [2.75, 3.05) is 7.05 Å². The molecule has 21 heavy (non-hydrogen) atoms. The Morgan fingerprint density at radius 2 is 1.81 bits per heavy atom. The van der Waals surface area contributed by atoms with Crippen molar-refractivity contribution in [2.24, 2.45) is 0 Å². The van der Waals surface area contributed by atoms with E-state index in [1.54, 1.807) is 0 Å². The summed E-state index contributed by atoms with van der Waals surface area (Å²) in [5.74, 6) is 0.546. The van der Waals surface area contributed by atoms with Gasteiger partial charge in [-0.25, -0.2) is 4.68 Å². The van der Waals surface area contributed by atoms with Gasteiger partial charge in [0.2, 0.25) is 0 Å². The van der Waals surface area contributed by atoms with Gasteiger partial charge in [0, 0.05) is 0 Å². The fourth-order valence-corrected chi connectivity index (χ4v) is 2.66. The summed E-state index contributed by atoms with van der Waals surface area (Å²) >= 11 is 0. The predicted molar refractivity (Wildman–Crippen MR) is 86.9 cm³/mol. The molecule has 114 valence electrons. The lowest BCUT2D eigenvalue weighted by Crippen LogP contribution is -2.17. The molecule has 2 aromatic rings. The van der Waals surface area contributed by atoms with Crippen molar-refractivity contribution in [1.29, 1.82) is 0 Å². The predicted octanol–water partition coefficient (Wildman–Crippen LogP) is 3.62. The van der Waals surface area contributed by atoms with Gasteiger partial charge in [-0.15, -0.1) is 5.10 Å². The zero-order chi connectivity index (χ0) is 15.4. The molecule has 0 bridgehead atoms. The zero-order valence-corrected chi connectivity index (χ0v) is 13.7. The van der Waals surface area contributed by atoms with Crippen LogP contribution in [0.1, 0.15) is 63.0 Å². The second-order valence-corrected chi connectivity index (χ2v) is 5.68. The first-order valence-corrected chi connectivity index (χ1v) is 7.84. The Morgan fingerprint density at radius 1 is 1.14 bits per heavy atom. The SMILES string of the molecule is CCc1c(C(CC)NC)nnn1-c1ccc(C(C)C)cc1. The number of hydrogen-bond donors (Lipinski definition) is 1. The Balaban J connectivity index is 2.40. The van der Waals surface area contributed by atoms with Gasteiger partial charge in [-0.1, -0.05) is 45.0 Å². The maximum absolute atomic E-state index is 4.41. The quantitative estimate of drug-likeness (QED) is 0.882. The Labute approximate surface area is 127 Å². The van der Waals surface area contributed by atoms with E-state index in [1.165, 1.54) is 11.3 Å². The van der Waals surface area contributed by atoms with Crippen LogP contribution in [0.2, 0.25) is 0 Å². The van der Waals surface area contributed by atoms with Crippen molar-refractivity contribution in [2.45, 2.75) is 52.5 Å². The van der Waals surface area contributed by atoms with Crippen LogP contribution in [-0.4, -0.2) is 22.0 Å². The first kappa shape index (κ1) is 15.7. The average molecular weight is 286 g/mol. The number of hydrogen-bond acceptors (Lipinski definition) is 3. The van der Waals surface area contributed by atoms with E-state index in [4.69, 9.17) is 0 Å². The van der Waals surface area contributed by atoms with Crippen molar-refractivity contribution in [3.8, 4) is 5.69 Å². The topological polar surface area (TPSA) is 42.7 Å². The third-order valence-electron chi connectivity index (χ3n) is 4.02. The van der Waals surface area contributed by atoms with E-state index in [2.05, 4.69) is 67.6 Å². The van der Waals surface area contributed by atoms with Crippen molar-refractivity contribution in [1.82, 2.24) is 20.3 Å². The fraction of sp³-hybridized carbons (Fsp3) is 0.529. The molecule has 2 rings (SSSR count). The number of aromatic nitrogens is 3. The molecular formula is C17H26N4. The van der Waals surface area contributed by atoms with Crippen LogP contribution in [0.25, 0.3) is 5.69 Å². The summed E-state index contributed by atoms with van der Waals surface area (Å²) < 4.78 is 1.97. The van der Waals surface area contributed by atoms with Crippen LogP contribution in [0.15, 0.2) is 24.3 Å². The molecule has 0 aliphatic heterocycles. The standard InChI is InChI=1S/C17H26N4/c1-6-15(18-5)17-16(7-2)21(20-19-17)14-10-8-13(9-11-14)12(3)4/h8-12,15,18H,6-7H2,1-5H3. The molecular weight excluding hydrogens is 260 g/mol. The van der Waals surface area contributed by atoms with Gasteiger partial charge < -0.3 is 5.32 Å². The largest absolute Gasteiger partial charge is 0.312 e. The van der Waals surface area contributed by atoms with Gasteiger partial charge in [-0.2, -0.15) is 0 Å². The van der Waals surface area contributed by atoms with Crippen LogP contribution < -0.4 is 5.32 Å². The molecule has 0 aliphatic rings. The molecule has 1 aromatic heterocycles. The van der Waals surface area contributed by atoms with Crippen LogP contribution >= 0.6 is 0 Å². The Morgan fingerprint density at radius 3 is 2.29 bits per heavy atom. The van der Waals surface area contributed by atoms with Crippen molar-refractivity contribution < 1.29 is 0 Å². The summed E-state index contributed by atoms with van der Waals surface area (Å²) in [4.78, 5) is 0. The summed E-state index contributed by atoms with van der Waals surface area (Å²) in [6.07, 6.45) is 1.93. The van der Waals surface area contributed by atoms with E-state index in [9.17, 15) is 0 Å². The molecule has 0 fully saturated rings. The third kappa shape index (κ3) is 3.16. The number of nitrogens with zero attached hydrogens (tertiary/aromatic N) is 3. The second kappa shape index (κ2) is 6.85. The van der Waals surface area contributed by atoms with Crippen LogP contribution in [0.3, 0.4) is 0 Å². The summed E-state index contributed by atoms with van der Waals surface area (Å²) in [5, 5.41) is 12.1. The summed E-state index contributed by atoms with van der Waals surface area (Å²) in [6.45, 7) is 8.73. The Bertz CT molecular complexity index is 565. The van der Waals surface area contributed by atoms with Crippen LogP contribution in [-0.2, 0) is 6.42 Å². The highest BCUT2D eigenvalue weighted by atomic mass is 15.4. The molecule has 0 radical (unpaired) electrons. The Hall–Kier alpha value is -1.68. The highest BCUT2D eigenvalue weighted by Crippen LogP contribution is 2.22. The van der Waals surface area contributed by atoms with E-state index in [0.29, 0.717) is 5.92 Å². The van der Waals surface area contributed by atoms with Crippen molar-refractivity contribution in [3.63, 3.8) is 0 Å². The molecule has 4 heteroatoms. The monoisotopic (exact) mass is 286 g/mol. The summed E-state index contributed by atoms with van der Waals surface area (Å²) in [6, 6.07) is 8.89. The van der Waals surface area contributed by atoms with Crippen LogP contribution in [0.5, 0.6) is 0 Å². The lowest BCUT2D eigenvalue weighted by molar-refractivity contribution is 0.555. The summed E-state index contributed by atoms with van der Waals surface area (Å²) in [5.41, 5.74) is 4.68. The molecule has 1 unspecified atom stereocenters. The molecule has 0 spiro atoms. The lowest BCUT2D eigenvalue weighted by Gasteiger charge is -2.13. The number of nitrogens with one attached hydrogen (secondary N) is 1. The first-order chi connectivity index (χ1) is 10.1. The molecule has 1 heterocycles. The van der Waals surface area contributed by atoms with E-state index >= 15 is 0 Å². The second-order valence-electron chi connectivity index (χ2n) is 5.68. The van der Waals surface area contributed by atoms with Gasteiger partial charge in [-0.3, -0.25) is 0 Å². The maximum Gasteiger partial charge on any atom is 0.103 e. The van der Waals surface area contributed by atoms with E-state index in [1.807, 2.05) is 11.7 Å². The van der Waals surface area contributed by atoms with Gasteiger partial charge >= 0.3 is 0 Å². The minimum atomic E-state index is 0.267. The maximum atomic E-state index is 4.41. The smallest absolute Gasteiger partial charge is 0.103 e. The van der Waals surface area contributed by atoms with Gasteiger partial charge in [0.15, 0.2) is 0 Å². The minimum absolute atomic E-state index is 0.267. The Kier molecular flexibility index (Phi) is 5.12. The van der Waals surface area contributed by atoms with E-state index < -0.39 is 0 Å². The average Bonchev–Trinajstić information content (AvgIpc) is 2.92. The fourth-order valence-electron chi connectivity index (χ4n) is 2.66. The normalized spacial score (nSPS) is 12.9. The van der Waals surface area contributed by atoms with E-state index in [-0.39, 0.29) is 6.04 Å². The molecule has 1 N–H and O–H groups in total. The molecule has 0 saturated carbocycles. The molecule has 0 saturated heterocycles.